The minimum atomic E-state index is -0.595. The Hall–Kier alpha value is -3.08. The molecular weight excluding hydrogens is 354 g/mol. The molecule has 28 heavy (non-hydrogen) atoms. The highest BCUT2D eigenvalue weighted by Gasteiger charge is 2.43. The van der Waals surface area contributed by atoms with Gasteiger partial charge in [-0.05, 0) is 29.2 Å². The molecule has 3 rings (SSSR count). The van der Waals surface area contributed by atoms with Crippen LogP contribution in [0.25, 0.3) is 0 Å². The minimum Gasteiger partial charge on any atom is -0.503 e. The number of ether oxygens (including phenoxy) is 1. The first-order valence-electron chi connectivity index (χ1n) is 9.37. The van der Waals surface area contributed by atoms with Crippen molar-refractivity contribution in [1.82, 2.24) is 4.90 Å². The Morgan fingerprint density at radius 3 is 2.32 bits per heavy atom. The molecule has 2 aromatic carbocycles. The van der Waals surface area contributed by atoms with Gasteiger partial charge in [0.25, 0.3) is 5.91 Å². The van der Waals surface area contributed by atoms with E-state index in [0.717, 1.165) is 16.9 Å². The second kappa shape index (κ2) is 8.30. The molecule has 5 nitrogen and oxygen atoms in total. The minimum absolute atomic E-state index is 0.134. The van der Waals surface area contributed by atoms with Gasteiger partial charge >= 0.3 is 0 Å². The summed E-state index contributed by atoms with van der Waals surface area (Å²) in [6.07, 6.45) is 0.284. The lowest BCUT2D eigenvalue weighted by molar-refractivity contribution is -0.130. The number of aliphatic hydroxyl groups excluding tert-OH is 1. The number of ketones is 1. The van der Waals surface area contributed by atoms with Crippen LogP contribution in [0.5, 0.6) is 5.75 Å². The number of benzene rings is 2. The van der Waals surface area contributed by atoms with Crippen molar-refractivity contribution < 1.29 is 19.4 Å². The van der Waals surface area contributed by atoms with Crippen molar-refractivity contribution in [3.05, 3.63) is 77.1 Å². The largest absolute Gasteiger partial charge is 0.503 e. The molecular formula is C23H25NO4. The average Bonchev–Trinajstić information content (AvgIpc) is 2.94. The predicted octanol–water partition coefficient (Wildman–Crippen LogP) is 4.21. The zero-order chi connectivity index (χ0) is 20.3. The Morgan fingerprint density at radius 1 is 1.11 bits per heavy atom. The Kier molecular flexibility index (Phi) is 5.83. The van der Waals surface area contributed by atoms with Gasteiger partial charge in [0.1, 0.15) is 5.75 Å². The molecule has 0 aromatic heterocycles. The van der Waals surface area contributed by atoms with Crippen molar-refractivity contribution in [1.29, 1.82) is 0 Å². The number of amides is 1. The fourth-order valence-electron chi connectivity index (χ4n) is 3.49. The van der Waals surface area contributed by atoms with Gasteiger partial charge in [-0.25, -0.2) is 0 Å². The third kappa shape index (κ3) is 3.93. The Balaban J connectivity index is 1.98. The van der Waals surface area contributed by atoms with E-state index in [1.165, 1.54) is 0 Å². The third-order valence-electron chi connectivity index (χ3n) is 4.83. The number of hydrogen-bond donors (Lipinski definition) is 1. The third-order valence-corrected chi connectivity index (χ3v) is 4.83. The lowest BCUT2D eigenvalue weighted by Gasteiger charge is -2.27. The number of carbonyl (C=O) groups excluding carboxylic acids is 2. The van der Waals surface area contributed by atoms with E-state index in [2.05, 4.69) is 0 Å². The highest BCUT2D eigenvalue weighted by atomic mass is 16.5. The smallest absolute Gasteiger partial charge is 0.290 e. The lowest BCUT2D eigenvalue weighted by atomic mass is 9.92. The van der Waals surface area contributed by atoms with Crippen LogP contribution in [0.15, 0.2) is 65.9 Å². The maximum Gasteiger partial charge on any atom is 0.290 e. The fourth-order valence-corrected chi connectivity index (χ4v) is 3.49. The van der Waals surface area contributed by atoms with Crippen LogP contribution in [0.1, 0.15) is 37.4 Å². The van der Waals surface area contributed by atoms with Crippen molar-refractivity contribution in [2.24, 2.45) is 5.92 Å². The van der Waals surface area contributed by atoms with E-state index in [1.807, 2.05) is 68.4 Å². The van der Waals surface area contributed by atoms with Gasteiger partial charge in [-0.15, -0.1) is 0 Å². The van der Waals surface area contributed by atoms with Crippen LogP contribution in [0.4, 0.5) is 0 Å². The number of carbonyl (C=O) groups is 2. The molecule has 146 valence electrons. The summed E-state index contributed by atoms with van der Waals surface area (Å²) < 4.78 is 5.18. The zero-order valence-electron chi connectivity index (χ0n) is 16.4. The molecule has 0 fully saturated rings. The molecule has 0 radical (unpaired) electrons. The van der Waals surface area contributed by atoms with Crippen molar-refractivity contribution in [2.45, 2.75) is 32.9 Å². The molecule has 1 aliphatic rings. The second-order valence-corrected chi connectivity index (χ2v) is 7.38. The summed E-state index contributed by atoms with van der Waals surface area (Å²) in [5, 5.41) is 10.6. The molecule has 1 unspecified atom stereocenters. The van der Waals surface area contributed by atoms with E-state index in [1.54, 1.807) is 12.0 Å². The van der Waals surface area contributed by atoms with Crippen molar-refractivity contribution in [3.63, 3.8) is 0 Å². The van der Waals surface area contributed by atoms with Crippen molar-refractivity contribution in [2.75, 3.05) is 7.11 Å². The van der Waals surface area contributed by atoms with Gasteiger partial charge < -0.3 is 14.7 Å². The fraction of sp³-hybridized carbons (Fsp3) is 0.304. The lowest BCUT2D eigenvalue weighted by Crippen LogP contribution is -2.30. The Bertz CT molecular complexity index is 885. The number of Topliss-reactive ketones (excluding diaryl/α,β-unsaturated/α-hetero) is 1. The van der Waals surface area contributed by atoms with Gasteiger partial charge in [0, 0.05) is 13.0 Å². The molecule has 5 heteroatoms. The van der Waals surface area contributed by atoms with Crippen LogP contribution in [0.3, 0.4) is 0 Å². The summed E-state index contributed by atoms with van der Waals surface area (Å²) in [5.41, 5.74) is 1.89. The summed E-state index contributed by atoms with van der Waals surface area (Å²) in [7, 11) is 1.60. The van der Waals surface area contributed by atoms with Crippen molar-refractivity contribution in [3.8, 4) is 5.75 Å². The van der Waals surface area contributed by atoms with Gasteiger partial charge in [0.15, 0.2) is 11.5 Å². The Morgan fingerprint density at radius 2 is 1.75 bits per heavy atom. The van der Waals surface area contributed by atoms with Crippen LogP contribution in [-0.4, -0.2) is 28.8 Å². The number of hydrogen-bond acceptors (Lipinski definition) is 4. The highest BCUT2D eigenvalue weighted by Crippen LogP contribution is 2.39. The van der Waals surface area contributed by atoms with Crippen LogP contribution < -0.4 is 4.74 Å². The summed E-state index contributed by atoms with van der Waals surface area (Å²) in [5.74, 6) is -0.281. The normalized spacial score (nSPS) is 16.8. The summed E-state index contributed by atoms with van der Waals surface area (Å²) >= 11 is 0. The van der Waals surface area contributed by atoms with Crippen LogP contribution >= 0.6 is 0 Å². The molecule has 1 atom stereocenters. The van der Waals surface area contributed by atoms with E-state index < -0.39 is 17.7 Å². The first kappa shape index (κ1) is 19.7. The van der Waals surface area contributed by atoms with Gasteiger partial charge in [-0.1, -0.05) is 56.3 Å². The van der Waals surface area contributed by atoms with Gasteiger partial charge in [-0.2, -0.15) is 0 Å². The molecule has 1 heterocycles. The molecule has 1 amide bonds. The quantitative estimate of drug-likeness (QED) is 0.783. The number of rotatable bonds is 7. The molecule has 1 aliphatic heterocycles. The van der Waals surface area contributed by atoms with Crippen LogP contribution in [0.2, 0.25) is 0 Å². The first-order valence-corrected chi connectivity index (χ1v) is 9.37. The highest BCUT2D eigenvalue weighted by molar-refractivity contribution is 6.09. The Labute approximate surface area is 165 Å². The van der Waals surface area contributed by atoms with E-state index in [4.69, 9.17) is 4.74 Å². The standard InChI is InChI=1S/C23H25NO4/c1-15(2)13-19(25)20-21(17-7-5-4-6-8-17)24(23(27)22(20)26)14-16-9-11-18(28-3)12-10-16/h4-12,15,21,26H,13-14H2,1-3H3. The summed E-state index contributed by atoms with van der Waals surface area (Å²) in [6.45, 7) is 4.17. The topological polar surface area (TPSA) is 66.8 Å². The van der Waals surface area contributed by atoms with E-state index in [0.29, 0.717) is 0 Å². The van der Waals surface area contributed by atoms with Crippen LogP contribution in [-0.2, 0) is 16.1 Å². The maximum atomic E-state index is 12.9. The number of methoxy groups -OCH3 is 1. The number of aliphatic hydroxyl groups is 1. The monoisotopic (exact) mass is 379 g/mol. The van der Waals surface area contributed by atoms with Crippen molar-refractivity contribution >= 4 is 11.7 Å². The van der Waals surface area contributed by atoms with E-state index in [9.17, 15) is 14.7 Å². The molecule has 0 bridgehead atoms. The zero-order valence-corrected chi connectivity index (χ0v) is 16.4. The first-order chi connectivity index (χ1) is 13.4. The summed E-state index contributed by atoms with van der Waals surface area (Å²) in [6, 6.07) is 16.2. The molecule has 0 saturated heterocycles. The van der Waals surface area contributed by atoms with Gasteiger partial charge in [-0.3, -0.25) is 9.59 Å². The van der Waals surface area contributed by atoms with Gasteiger partial charge in [0.2, 0.25) is 0 Å². The summed E-state index contributed by atoms with van der Waals surface area (Å²) in [4.78, 5) is 27.3. The SMILES string of the molecule is COc1ccc(CN2C(=O)C(O)=C(C(=O)CC(C)C)C2c2ccccc2)cc1. The van der Waals surface area contributed by atoms with E-state index in [-0.39, 0.29) is 30.2 Å². The molecule has 0 spiro atoms. The molecule has 2 aromatic rings. The second-order valence-electron chi connectivity index (χ2n) is 7.38. The molecule has 0 aliphatic carbocycles. The molecule has 0 saturated carbocycles. The maximum absolute atomic E-state index is 12.9. The van der Waals surface area contributed by atoms with Crippen LogP contribution in [0, 0.1) is 5.92 Å². The number of nitrogens with zero attached hydrogens (tertiary/aromatic N) is 1. The average molecular weight is 379 g/mol. The van der Waals surface area contributed by atoms with Gasteiger partial charge in [0.05, 0.1) is 18.7 Å². The van der Waals surface area contributed by atoms with E-state index >= 15 is 0 Å². The molecule has 1 N–H and O–H groups in total. The predicted molar refractivity (Wildman–Crippen MR) is 107 cm³/mol.